The fraction of sp³-hybridized carbons (Fsp3) is 0.641. The Morgan fingerprint density at radius 3 is 2.69 bits per heavy atom. The number of rotatable bonds is 4. The Kier molecular flexibility index (Phi) is 10.5. The molecule has 0 amide bonds. The minimum Gasteiger partial charge on any atom is -0.462 e. The van der Waals surface area contributed by atoms with Crippen molar-refractivity contribution in [2.24, 2.45) is 23.7 Å². The van der Waals surface area contributed by atoms with Gasteiger partial charge in [-0.1, -0.05) is 64.5 Å². The number of esters is 2. The Labute approximate surface area is 289 Å². The number of allylic oxidation sites excluding steroid dienone is 2. The third-order valence-corrected chi connectivity index (χ3v) is 11.4. The summed E-state index contributed by atoms with van der Waals surface area (Å²) in [6.07, 6.45) is 10.7. The van der Waals surface area contributed by atoms with Gasteiger partial charge in [-0.25, -0.2) is 4.79 Å². The summed E-state index contributed by atoms with van der Waals surface area (Å²) in [6.45, 7) is 12.2. The summed E-state index contributed by atoms with van der Waals surface area (Å²) in [6, 6.07) is 3.21. The van der Waals surface area contributed by atoms with Gasteiger partial charge in [0.05, 0.1) is 25.1 Å². The highest BCUT2D eigenvalue weighted by molar-refractivity contribution is 5.86. The van der Waals surface area contributed by atoms with Crippen molar-refractivity contribution in [2.45, 2.75) is 128 Å². The molecule has 1 spiro atoms. The topological polar surface area (TPSA) is 134 Å². The Balaban J connectivity index is 1.39. The lowest BCUT2D eigenvalue weighted by atomic mass is 9.71. The van der Waals surface area contributed by atoms with E-state index in [0.717, 1.165) is 18.4 Å². The van der Waals surface area contributed by atoms with Gasteiger partial charge < -0.3 is 38.3 Å². The second-order valence-electron chi connectivity index (χ2n) is 14.9. The van der Waals surface area contributed by atoms with Crippen molar-refractivity contribution < 1.29 is 47.9 Å². The maximum atomic E-state index is 14.1. The number of carbonyl (C=O) groups is 2. The summed E-state index contributed by atoms with van der Waals surface area (Å²) in [5.41, 5.74) is 0.0165. The van der Waals surface area contributed by atoms with Crippen LogP contribution in [0.1, 0.15) is 90.6 Å². The number of carbonyl (C=O) groups excluding carboxylic acids is 2. The van der Waals surface area contributed by atoms with Crippen molar-refractivity contribution in [1.82, 2.24) is 0 Å². The molecule has 3 fully saturated rings. The summed E-state index contributed by atoms with van der Waals surface area (Å²) in [5.74, 6) is -2.64. The standard InChI is InChI=1S/C39H52O10/c1-7-22(2)34-25(5)15-16-38(49-34)20-29-19-28(48-38)14-13-24(4)33(47-37(42)31-12-9-17-44-31)23(3)10-8-11-27-21-45-35-32(40)26(6)18-30(36(41)46-29)39(27,35)43/h8-13,17-18,22-23,25,28-30,32-35,40,43H,7,14-16,19-21H2,1-6H3/b10-8+,24-13+,27-11+/t22-,23-,25-,28+,29-,30-,32+,33-,34+,35+,38+,39+/m0/s1. The first-order valence-electron chi connectivity index (χ1n) is 17.9. The quantitative estimate of drug-likeness (QED) is 0.289. The Bertz CT molecular complexity index is 1490. The molecule has 2 bridgehead atoms. The third kappa shape index (κ3) is 7.00. The van der Waals surface area contributed by atoms with E-state index in [1.54, 1.807) is 37.3 Å². The lowest BCUT2D eigenvalue weighted by molar-refractivity contribution is -0.340. The molecule has 0 unspecified atom stereocenters. The number of aliphatic hydroxyl groups is 2. The molecule has 0 aromatic carbocycles. The van der Waals surface area contributed by atoms with E-state index in [4.69, 9.17) is 28.1 Å². The van der Waals surface area contributed by atoms with Crippen LogP contribution in [0.4, 0.5) is 0 Å². The maximum Gasteiger partial charge on any atom is 0.374 e. The molecule has 12 atom stereocenters. The molecule has 10 heteroatoms. The van der Waals surface area contributed by atoms with Gasteiger partial charge in [0, 0.05) is 25.2 Å². The second kappa shape index (κ2) is 14.3. The average molecular weight is 681 g/mol. The second-order valence-corrected chi connectivity index (χ2v) is 14.9. The highest BCUT2D eigenvalue weighted by atomic mass is 16.7. The van der Waals surface area contributed by atoms with E-state index in [9.17, 15) is 19.8 Å². The number of fused-ring (bicyclic) bond motifs is 2. The van der Waals surface area contributed by atoms with Crippen molar-refractivity contribution in [3.8, 4) is 0 Å². The van der Waals surface area contributed by atoms with E-state index < -0.39 is 53.7 Å². The minimum absolute atomic E-state index is 0.00256. The van der Waals surface area contributed by atoms with Crippen LogP contribution in [-0.2, 0) is 28.5 Å². The molecule has 2 N–H and O–H groups in total. The van der Waals surface area contributed by atoms with E-state index in [0.29, 0.717) is 48.7 Å². The largest absolute Gasteiger partial charge is 0.462 e. The summed E-state index contributed by atoms with van der Waals surface area (Å²) in [5, 5.41) is 23.3. The molecular formula is C39H52O10. The zero-order valence-electron chi connectivity index (χ0n) is 29.5. The van der Waals surface area contributed by atoms with Gasteiger partial charge in [-0.15, -0.1) is 0 Å². The van der Waals surface area contributed by atoms with E-state index in [1.165, 1.54) is 6.26 Å². The predicted molar refractivity (Wildman–Crippen MR) is 180 cm³/mol. The average Bonchev–Trinajstić information content (AvgIpc) is 3.73. The monoisotopic (exact) mass is 680 g/mol. The van der Waals surface area contributed by atoms with Gasteiger partial charge in [-0.05, 0) is 67.4 Å². The fourth-order valence-electron chi connectivity index (χ4n) is 8.31. The molecule has 5 aliphatic rings. The highest BCUT2D eigenvalue weighted by Crippen LogP contribution is 2.48. The van der Waals surface area contributed by atoms with Crippen LogP contribution in [0.25, 0.3) is 0 Å². The van der Waals surface area contributed by atoms with Crippen LogP contribution >= 0.6 is 0 Å². The number of furan rings is 1. The fourth-order valence-corrected chi connectivity index (χ4v) is 8.31. The molecule has 0 radical (unpaired) electrons. The molecule has 1 aliphatic carbocycles. The number of aliphatic hydroxyl groups excluding tert-OH is 1. The number of hydrogen-bond donors (Lipinski definition) is 2. The zero-order valence-corrected chi connectivity index (χ0v) is 29.5. The third-order valence-electron chi connectivity index (χ3n) is 11.4. The van der Waals surface area contributed by atoms with Crippen molar-refractivity contribution in [3.63, 3.8) is 0 Å². The highest BCUT2D eigenvalue weighted by Gasteiger charge is 2.60. The van der Waals surface area contributed by atoms with Gasteiger partial charge in [0.25, 0.3) is 0 Å². The van der Waals surface area contributed by atoms with E-state index in [1.807, 2.05) is 26.0 Å². The molecule has 268 valence electrons. The van der Waals surface area contributed by atoms with Crippen molar-refractivity contribution in [3.05, 3.63) is 71.3 Å². The van der Waals surface area contributed by atoms with Gasteiger partial charge in [0.1, 0.15) is 35.9 Å². The first kappa shape index (κ1) is 35.8. The molecular weight excluding hydrogens is 628 g/mol. The molecule has 6 rings (SSSR count). The van der Waals surface area contributed by atoms with Crippen molar-refractivity contribution in [1.29, 1.82) is 0 Å². The van der Waals surface area contributed by atoms with Crippen LogP contribution in [0.3, 0.4) is 0 Å². The lowest BCUT2D eigenvalue weighted by Gasteiger charge is -2.51. The van der Waals surface area contributed by atoms with Crippen molar-refractivity contribution >= 4 is 11.9 Å². The van der Waals surface area contributed by atoms with Crippen LogP contribution in [0, 0.1) is 23.7 Å². The van der Waals surface area contributed by atoms with Crippen LogP contribution in [0.5, 0.6) is 0 Å². The predicted octanol–water partition coefficient (Wildman–Crippen LogP) is 5.99. The van der Waals surface area contributed by atoms with Gasteiger partial charge in [-0.3, -0.25) is 4.79 Å². The van der Waals surface area contributed by atoms with Crippen molar-refractivity contribution in [2.75, 3.05) is 6.61 Å². The lowest BCUT2D eigenvalue weighted by Crippen LogP contribution is -2.58. The maximum absolute atomic E-state index is 14.1. The minimum atomic E-state index is -1.82. The molecule has 5 heterocycles. The number of ether oxygens (including phenoxy) is 5. The molecule has 3 saturated heterocycles. The molecule has 1 aromatic heterocycles. The van der Waals surface area contributed by atoms with Crippen LogP contribution < -0.4 is 0 Å². The van der Waals surface area contributed by atoms with Crippen LogP contribution in [-0.4, -0.2) is 76.8 Å². The van der Waals surface area contributed by atoms with Gasteiger partial charge >= 0.3 is 11.9 Å². The summed E-state index contributed by atoms with van der Waals surface area (Å²) < 4.78 is 37.3. The summed E-state index contributed by atoms with van der Waals surface area (Å²) in [4.78, 5) is 27.2. The van der Waals surface area contributed by atoms with Crippen LogP contribution in [0.15, 0.2) is 69.9 Å². The number of hydrogen-bond acceptors (Lipinski definition) is 10. The normalized spacial score (nSPS) is 43.2. The first-order chi connectivity index (χ1) is 23.3. The molecule has 0 saturated carbocycles. The van der Waals surface area contributed by atoms with Gasteiger partial charge in [0.15, 0.2) is 5.79 Å². The first-order valence-corrected chi connectivity index (χ1v) is 17.9. The summed E-state index contributed by atoms with van der Waals surface area (Å²) in [7, 11) is 0. The smallest absolute Gasteiger partial charge is 0.374 e. The molecule has 49 heavy (non-hydrogen) atoms. The Morgan fingerprint density at radius 1 is 1.16 bits per heavy atom. The zero-order chi connectivity index (χ0) is 35.1. The summed E-state index contributed by atoms with van der Waals surface area (Å²) >= 11 is 0. The SMILES string of the molecule is CC[C@H](C)[C@H]1O[C@]2(CC[C@@H]1C)C[C@@H]1C[C@@H](C/C=C(\C)[C@@H](OC(=O)c3ccco3)[C@@H](C)/C=C/C=C3\CO[C@@H]4[C@H](O)C(C)=C[C@@H](C(=O)O1)[C@]34O)O2. The molecule has 10 nitrogen and oxygen atoms in total. The van der Waals surface area contributed by atoms with E-state index in [-0.39, 0.29) is 30.5 Å². The molecule has 1 aromatic rings. The Morgan fingerprint density at radius 2 is 1.96 bits per heavy atom. The Hall–Kier alpha value is -3.02. The van der Waals surface area contributed by atoms with Gasteiger partial charge in [0.2, 0.25) is 5.76 Å². The molecule has 4 aliphatic heterocycles. The van der Waals surface area contributed by atoms with E-state index >= 15 is 0 Å². The van der Waals surface area contributed by atoms with Gasteiger partial charge in [-0.2, -0.15) is 0 Å². The van der Waals surface area contributed by atoms with Crippen LogP contribution in [0.2, 0.25) is 0 Å². The van der Waals surface area contributed by atoms with E-state index in [2.05, 4.69) is 20.8 Å².